The first-order valence-corrected chi connectivity index (χ1v) is 6.93. The molecule has 0 saturated carbocycles. The number of pyridine rings is 2. The Kier molecular flexibility index (Phi) is 5.43. The Morgan fingerprint density at radius 2 is 2.00 bits per heavy atom. The smallest absolute Gasteiger partial charge is 0.213 e. The van der Waals surface area contributed by atoms with Gasteiger partial charge in [0.25, 0.3) is 0 Å². The van der Waals surface area contributed by atoms with Crippen molar-refractivity contribution < 1.29 is 4.74 Å². The molecule has 0 bridgehead atoms. The summed E-state index contributed by atoms with van der Waals surface area (Å²) >= 11 is 11.7. The van der Waals surface area contributed by atoms with E-state index in [1.807, 2.05) is 12.1 Å². The highest BCUT2D eigenvalue weighted by Gasteiger charge is 2.03. The number of rotatable bonds is 6. The van der Waals surface area contributed by atoms with Crippen LogP contribution < -0.4 is 4.74 Å². The van der Waals surface area contributed by atoms with Gasteiger partial charge >= 0.3 is 0 Å². The van der Waals surface area contributed by atoms with Gasteiger partial charge in [0.1, 0.15) is 0 Å². The Hall–Kier alpha value is -1.32. The Bertz CT molecular complexity index is 520. The molecule has 19 heavy (non-hydrogen) atoms. The predicted molar refractivity (Wildman–Crippen MR) is 76.9 cm³/mol. The molecule has 5 heteroatoms. The van der Waals surface area contributed by atoms with Gasteiger partial charge in [-0.15, -0.1) is 11.6 Å². The third-order valence-corrected chi connectivity index (χ3v) is 3.29. The molecule has 0 aliphatic carbocycles. The van der Waals surface area contributed by atoms with Crippen molar-refractivity contribution in [2.24, 2.45) is 0 Å². The molecule has 100 valence electrons. The lowest BCUT2D eigenvalue weighted by Crippen LogP contribution is -2.01. The lowest BCUT2D eigenvalue weighted by atomic mass is 10.1. The van der Waals surface area contributed by atoms with Crippen LogP contribution in [-0.4, -0.2) is 16.6 Å². The first-order chi connectivity index (χ1) is 9.29. The molecule has 2 aromatic rings. The SMILES string of the molecule is ClCc1cc(OCCCc2ccncc2)ncc1Cl. The largest absolute Gasteiger partial charge is 0.478 e. The highest BCUT2D eigenvalue weighted by Crippen LogP contribution is 2.21. The van der Waals surface area contributed by atoms with Gasteiger partial charge in [0.2, 0.25) is 5.88 Å². The van der Waals surface area contributed by atoms with Crippen LogP contribution in [0.3, 0.4) is 0 Å². The molecule has 0 amide bonds. The third-order valence-electron chi connectivity index (χ3n) is 2.66. The first kappa shape index (κ1) is 14.1. The summed E-state index contributed by atoms with van der Waals surface area (Å²) in [4.78, 5) is 8.09. The highest BCUT2D eigenvalue weighted by atomic mass is 35.5. The van der Waals surface area contributed by atoms with Crippen LogP contribution in [0.15, 0.2) is 36.8 Å². The number of halogens is 2. The van der Waals surface area contributed by atoms with Gasteiger partial charge in [-0.3, -0.25) is 4.98 Å². The third kappa shape index (κ3) is 4.37. The minimum atomic E-state index is 0.356. The van der Waals surface area contributed by atoms with Crippen molar-refractivity contribution in [2.45, 2.75) is 18.7 Å². The van der Waals surface area contributed by atoms with Crippen LogP contribution >= 0.6 is 23.2 Å². The number of aryl methyl sites for hydroxylation is 1. The second kappa shape index (κ2) is 7.31. The van der Waals surface area contributed by atoms with Crippen molar-refractivity contribution in [1.82, 2.24) is 9.97 Å². The van der Waals surface area contributed by atoms with Crippen LogP contribution in [0.25, 0.3) is 0 Å². The molecule has 2 rings (SSSR count). The maximum absolute atomic E-state index is 5.93. The summed E-state index contributed by atoms with van der Waals surface area (Å²) in [6.07, 6.45) is 7.04. The number of hydrogen-bond acceptors (Lipinski definition) is 3. The minimum Gasteiger partial charge on any atom is -0.478 e. The Labute approximate surface area is 122 Å². The molecule has 0 radical (unpaired) electrons. The molecule has 0 aromatic carbocycles. The van der Waals surface area contributed by atoms with Gasteiger partial charge in [-0.25, -0.2) is 4.98 Å². The molecule has 0 N–H and O–H groups in total. The number of ether oxygens (including phenoxy) is 1. The maximum Gasteiger partial charge on any atom is 0.213 e. The second-order valence-corrected chi connectivity index (χ2v) is 4.73. The van der Waals surface area contributed by atoms with E-state index in [9.17, 15) is 0 Å². The molecule has 0 aliphatic heterocycles. The zero-order valence-corrected chi connectivity index (χ0v) is 11.9. The van der Waals surface area contributed by atoms with Crippen molar-refractivity contribution >= 4 is 23.2 Å². The number of aromatic nitrogens is 2. The molecule has 3 nitrogen and oxygen atoms in total. The summed E-state index contributed by atoms with van der Waals surface area (Å²) in [6.45, 7) is 0.610. The van der Waals surface area contributed by atoms with E-state index in [0.717, 1.165) is 18.4 Å². The van der Waals surface area contributed by atoms with E-state index in [1.54, 1.807) is 24.7 Å². The molecule has 0 aliphatic rings. The molecule has 0 spiro atoms. The van der Waals surface area contributed by atoms with Crippen molar-refractivity contribution in [3.05, 3.63) is 52.9 Å². The van der Waals surface area contributed by atoms with E-state index in [4.69, 9.17) is 27.9 Å². The zero-order valence-electron chi connectivity index (χ0n) is 10.4. The van der Waals surface area contributed by atoms with Crippen molar-refractivity contribution in [3.8, 4) is 5.88 Å². The van der Waals surface area contributed by atoms with E-state index in [2.05, 4.69) is 9.97 Å². The average molecular weight is 297 g/mol. The van der Waals surface area contributed by atoms with Gasteiger partial charge in [-0.2, -0.15) is 0 Å². The van der Waals surface area contributed by atoms with Gasteiger partial charge in [-0.05, 0) is 36.1 Å². The van der Waals surface area contributed by atoms with Crippen LogP contribution in [0.5, 0.6) is 5.88 Å². The number of alkyl halides is 1. The Morgan fingerprint density at radius 1 is 1.21 bits per heavy atom. The molecular weight excluding hydrogens is 283 g/mol. The summed E-state index contributed by atoms with van der Waals surface area (Å²) in [5.41, 5.74) is 2.09. The second-order valence-electron chi connectivity index (χ2n) is 4.06. The fourth-order valence-electron chi connectivity index (χ4n) is 1.64. The molecule has 0 unspecified atom stereocenters. The van der Waals surface area contributed by atoms with E-state index >= 15 is 0 Å². The summed E-state index contributed by atoms with van der Waals surface area (Å²) in [6, 6.07) is 5.79. The van der Waals surface area contributed by atoms with Gasteiger partial charge in [0.15, 0.2) is 0 Å². The monoisotopic (exact) mass is 296 g/mol. The van der Waals surface area contributed by atoms with E-state index < -0.39 is 0 Å². The van der Waals surface area contributed by atoms with Crippen LogP contribution in [0.1, 0.15) is 17.5 Å². The average Bonchev–Trinajstić information content (AvgIpc) is 2.46. The standard InChI is InChI=1S/C14H14Cl2N2O/c15-9-12-8-14(18-10-13(12)16)19-7-1-2-11-3-5-17-6-4-11/h3-6,8,10H,1-2,7,9H2. The lowest BCUT2D eigenvalue weighted by molar-refractivity contribution is 0.299. The van der Waals surface area contributed by atoms with Crippen LogP contribution in [0, 0.1) is 0 Å². The fourth-order valence-corrected chi connectivity index (χ4v) is 2.10. The summed E-state index contributed by atoms with van der Waals surface area (Å²) in [5.74, 6) is 0.920. The summed E-state index contributed by atoms with van der Waals surface area (Å²) in [5, 5.41) is 0.569. The van der Waals surface area contributed by atoms with Crippen molar-refractivity contribution in [3.63, 3.8) is 0 Å². The summed E-state index contributed by atoms with van der Waals surface area (Å²) < 4.78 is 5.58. The summed E-state index contributed by atoms with van der Waals surface area (Å²) in [7, 11) is 0. The van der Waals surface area contributed by atoms with Crippen LogP contribution in [0.2, 0.25) is 5.02 Å². The molecular formula is C14H14Cl2N2O. The van der Waals surface area contributed by atoms with E-state index in [-0.39, 0.29) is 0 Å². The Balaban J connectivity index is 1.80. The highest BCUT2D eigenvalue weighted by molar-refractivity contribution is 6.32. The van der Waals surface area contributed by atoms with Gasteiger partial charge < -0.3 is 4.74 Å². The van der Waals surface area contributed by atoms with E-state index in [1.165, 1.54) is 5.56 Å². The fraction of sp³-hybridized carbons (Fsp3) is 0.286. The normalized spacial score (nSPS) is 10.4. The van der Waals surface area contributed by atoms with Gasteiger partial charge in [-0.1, -0.05) is 11.6 Å². The first-order valence-electron chi connectivity index (χ1n) is 6.01. The van der Waals surface area contributed by atoms with Gasteiger partial charge in [0.05, 0.1) is 11.6 Å². The molecule has 2 aromatic heterocycles. The minimum absolute atomic E-state index is 0.356. The van der Waals surface area contributed by atoms with Crippen molar-refractivity contribution in [2.75, 3.05) is 6.61 Å². The van der Waals surface area contributed by atoms with Crippen molar-refractivity contribution in [1.29, 1.82) is 0 Å². The molecule has 0 saturated heterocycles. The molecule has 0 atom stereocenters. The lowest BCUT2D eigenvalue weighted by Gasteiger charge is -2.07. The molecule has 0 fully saturated rings. The van der Waals surface area contributed by atoms with Gasteiger partial charge in [0, 0.05) is 30.5 Å². The predicted octanol–water partition coefficient (Wildman–Crippen LogP) is 3.88. The van der Waals surface area contributed by atoms with E-state index in [0.29, 0.717) is 23.4 Å². The maximum atomic E-state index is 5.93. The zero-order chi connectivity index (χ0) is 13.5. The van der Waals surface area contributed by atoms with Crippen LogP contribution in [0.4, 0.5) is 0 Å². The Morgan fingerprint density at radius 3 is 2.74 bits per heavy atom. The van der Waals surface area contributed by atoms with Crippen LogP contribution in [-0.2, 0) is 12.3 Å². The molecule has 2 heterocycles. The number of nitrogens with zero attached hydrogens (tertiary/aromatic N) is 2. The topological polar surface area (TPSA) is 35.0 Å². The number of hydrogen-bond donors (Lipinski definition) is 0. The quantitative estimate of drug-likeness (QED) is 0.599.